The van der Waals surface area contributed by atoms with E-state index in [4.69, 9.17) is 0 Å². The Morgan fingerprint density at radius 1 is 1.00 bits per heavy atom. The molecule has 0 aliphatic heterocycles. The summed E-state index contributed by atoms with van der Waals surface area (Å²) in [4.78, 5) is 0. The summed E-state index contributed by atoms with van der Waals surface area (Å²) >= 11 is 0. The Bertz CT molecular complexity index is 332. The first kappa shape index (κ1) is 14.0. The molecule has 0 spiro atoms. The van der Waals surface area contributed by atoms with Crippen LogP contribution in [-0.2, 0) is 0 Å². The maximum absolute atomic E-state index is 13.0. The molecule has 1 aromatic rings. The third-order valence-corrected chi connectivity index (χ3v) is 2.89. The summed E-state index contributed by atoms with van der Waals surface area (Å²) in [6.45, 7) is 5.57. The fourth-order valence-electron chi connectivity index (χ4n) is 1.48. The molecular formula is C13H18F3N. The average Bonchev–Trinajstić information content (AvgIpc) is 2.25. The van der Waals surface area contributed by atoms with Crippen molar-refractivity contribution in [1.82, 2.24) is 5.32 Å². The maximum atomic E-state index is 13.0. The van der Waals surface area contributed by atoms with Crippen LogP contribution in [0.15, 0.2) is 30.3 Å². The van der Waals surface area contributed by atoms with Crippen LogP contribution in [0.3, 0.4) is 0 Å². The minimum Gasteiger partial charge on any atom is -0.300 e. The van der Waals surface area contributed by atoms with E-state index >= 15 is 0 Å². The molecule has 0 amide bonds. The van der Waals surface area contributed by atoms with Crippen molar-refractivity contribution in [2.24, 2.45) is 5.92 Å². The average molecular weight is 245 g/mol. The van der Waals surface area contributed by atoms with Gasteiger partial charge in [-0.3, -0.25) is 5.32 Å². The van der Waals surface area contributed by atoms with E-state index in [1.165, 1.54) is 12.1 Å². The second-order valence-electron chi connectivity index (χ2n) is 4.58. The zero-order valence-electron chi connectivity index (χ0n) is 10.3. The van der Waals surface area contributed by atoms with Crippen molar-refractivity contribution in [3.05, 3.63) is 35.9 Å². The van der Waals surface area contributed by atoms with Crippen molar-refractivity contribution in [3.8, 4) is 0 Å². The lowest BCUT2D eigenvalue weighted by molar-refractivity contribution is -0.160. The van der Waals surface area contributed by atoms with Crippen LogP contribution < -0.4 is 5.32 Å². The summed E-state index contributed by atoms with van der Waals surface area (Å²) in [6, 6.07) is 6.16. The number of hydrogen-bond donors (Lipinski definition) is 1. The molecule has 0 bridgehead atoms. The summed E-state index contributed by atoms with van der Waals surface area (Å²) in [5.74, 6) is 0.156. The van der Waals surface area contributed by atoms with Crippen molar-refractivity contribution in [1.29, 1.82) is 0 Å². The molecule has 0 saturated carbocycles. The molecule has 0 saturated heterocycles. The number of halogens is 3. The highest BCUT2D eigenvalue weighted by atomic mass is 19.4. The second-order valence-corrected chi connectivity index (χ2v) is 4.58. The molecule has 17 heavy (non-hydrogen) atoms. The minimum absolute atomic E-state index is 0.156. The van der Waals surface area contributed by atoms with Crippen LogP contribution in [0.1, 0.15) is 32.4 Å². The van der Waals surface area contributed by atoms with Crippen LogP contribution in [0, 0.1) is 5.92 Å². The topological polar surface area (TPSA) is 12.0 Å². The van der Waals surface area contributed by atoms with Crippen LogP contribution in [-0.4, -0.2) is 12.2 Å². The van der Waals surface area contributed by atoms with Crippen molar-refractivity contribution in [3.63, 3.8) is 0 Å². The Balaban J connectivity index is 2.90. The first-order chi connectivity index (χ1) is 7.82. The van der Waals surface area contributed by atoms with Gasteiger partial charge >= 0.3 is 6.18 Å². The van der Waals surface area contributed by atoms with Gasteiger partial charge in [-0.15, -0.1) is 0 Å². The number of hydrogen-bond acceptors (Lipinski definition) is 1. The van der Waals surface area contributed by atoms with Crippen LogP contribution in [0.5, 0.6) is 0 Å². The molecule has 96 valence electrons. The second kappa shape index (κ2) is 5.54. The quantitative estimate of drug-likeness (QED) is 0.847. The Kier molecular flexibility index (Phi) is 4.57. The Hall–Kier alpha value is -1.03. The van der Waals surface area contributed by atoms with Gasteiger partial charge in [0.1, 0.15) is 6.04 Å². The van der Waals surface area contributed by atoms with Crippen molar-refractivity contribution < 1.29 is 13.2 Å². The Morgan fingerprint density at radius 2 is 1.53 bits per heavy atom. The normalized spacial score (nSPS) is 15.9. The van der Waals surface area contributed by atoms with E-state index in [0.717, 1.165) is 0 Å². The van der Waals surface area contributed by atoms with E-state index in [1.54, 1.807) is 25.1 Å². The standard InChI is InChI=1S/C13H18F3N/c1-9(2)10(3)17-12(13(14,15)16)11-7-5-4-6-8-11/h4-10,12,17H,1-3H3. The van der Waals surface area contributed by atoms with E-state index < -0.39 is 12.2 Å². The van der Waals surface area contributed by atoms with Crippen LogP contribution in [0.4, 0.5) is 13.2 Å². The molecule has 1 aromatic carbocycles. The molecule has 0 radical (unpaired) electrons. The van der Waals surface area contributed by atoms with Crippen molar-refractivity contribution >= 4 is 0 Å². The predicted octanol–water partition coefficient (Wildman–Crippen LogP) is 3.92. The van der Waals surface area contributed by atoms with Gasteiger partial charge in [0.25, 0.3) is 0 Å². The van der Waals surface area contributed by atoms with Gasteiger partial charge in [-0.05, 0) is 18.4 Å². The Morgan fingerprint density at radius 3 is 1.94 bits per heavy atom. The molecule has 2 atom stereocenters. The summed E-state index contributed by atoms with van der Waals surface area (Å²) < 4.78 is 38.9. The molecule has 2 unspecified atom stereocenters. The summed E-state index contributed by atoms with van der Waals surface area (Å²) in [5, 5.41) is 2.65. The molecule has 4 heteroatoms. The van der Waals surface area contributed by atoms with E-state index in [9.17, 15) is 13.2 Å². The zero-order valence-corrected chi connectivity index (χ0v) is 10.3. The lowest BCUT2D eigenvalue weighted by Crippen LogP contribution is -2.41. The van der Waals surface area contributed by atoms with Crippen LogP contribution in [0.2, 0.25) is 0 Å². The molecular weight excluding hydrogens is 227 g/mol. The molecule has 1 N–H and O–H groups in total. The zero-order chi connectivity index (χ0) is 13.1. The Labute approximate surface area is 100 Å². The molecule has 1 rings (SSSR count). The highest BCUT2D eigenvalue weighted by Gasteiger charge is 2.41. The lowest BCUT2D eigenvalue weighted by Gasteiger charge is -2.27. The maximum Gasteiger partial charge on any atom is 0.407 e. The molecule has 0 fully saturated rings. The first-order valence-corrected chi connectivity index (χ1v) is 5.70. The van der Waals surface area contributed by atoms with Gasteiger partial charge < -0.3 is 0 Å². The number of nitrogens with one attached hydrogen (secondary N) is 1. The molecule has 0 aromatic heterocycles. The van der Waals surface area contributed by atoms with E-state index in [1.807, 2.05) is 13.8 Å². The first-order valence-electron chi connectivity index (χ1n) is 5.70. The molecule has 0 aliphatic rings. The summed E-state index contributed by atoms with van der Waals surface area (Å²) in [6.07, 6.45) is -4.27. The summed E-state index contributed by atoms with van der Waals surface area (Å²) in [5.41, 5.74) is 0.257. The van der Waals surface area contributed by atoms with Gasteiger partial charge in [0.2, 0.25) is 0 Å². The third-order valence-electron chi connectivity index (χ3n) is 2.89. The molecule has 0 aliphatic carbocycles. The van der Waals surface area contributed by atoms with E-state index in [2.05, 4.69) is 5.32 Å². The largest absolute Gasteiger partial charge is 0.407 e. The van der Waals surface area contributed by atoms with Crippen LogP contribution >= 0.6 is 0 Å². The SMILES string of the molecule is CC(C)C(C)NC(c1ccccc1)C(F)(F)F. The van der Waals surface area contributed by atoms with Crippen molar-refractivity contribution in [2.75, 3.05) is 0 Å². The van der Waals surface area contributed by atoms with Crippen LogP contribution in [0.25, 0.3) is 0 Å². The van der Waals surface area contributed by atoms with Gasteiger partial charge in [0.15, 0.2) is 0 Å². The van der Waals surface area contributed by atoms with Gasteiger partial charge in [0, 0.05) is 6.04 Å². The van der Waals surface area contributed by atoms with Gasteiger partial charge in [-0.2, -0.15) is 13.2 Å². The van der Waals surface area contributed by atoms with Gasteiger partial charge in [-0.25, -0.2) is 0 Å². The molecule has 0 heterocycles. The predicted molar refractivity (Wildman–Crippen MR) is 62.7 cm³/mol. The summed E-state index contributed by atoms with van der Waals surface area (Å²) in [7, 11) is 0. The van der Waals surface area contributed by atoms with E-state index in [0.29, 0.717) is 0 Å². The van der Waals surface area contributed by atoms with Gasteiger partial charge in [-0.1, -0.05) is 44.2 Å². The fourth-order valence-corrected chi connectivity index (χ4v) is 1.48. The smallest absolute Gasteiger partial charge is 0.300 e. The lowest BCUT2D eigenvalue weighted by atomic mass is 10.0. The molecule has 1 nitrogen and oxygen atoms in total. The fraction of sp³-hybridized carbons (Fsp3) is 0.538. The highest BCUT2D eigenvalue weighted by molar-refractivity contribution is 5.20. The number of alkyl halides is 3. The minimum atomic E-state index is -4.27. The number of rotatable bonds is 4. The van der Waals surface area contributed by atoms with E-state index in [-0.39, 0.29) is 17.5 Å². The monoisotopic (exact) mass is 245 g/mol. The third kappa shape index (κ3) is 4.04. The highest BCUT2D eigenvalue weighted by Crippen LogP contribution is 2.33. The van der Waals surface area contributed by atoms with Gasteiger partial charge in [0.05, 0.1) is 0 Å². The number of benzene rings is 1. The van der Waals surface area contributed by atoms with Crippen molar-refractivity contribution in [2.45, 2.75) is 39.0 Å².